The molecule has 2 fully saturated rings. The Labute approximate surface area is 115 Å². The van der Waals surface area contributed by atoms with Crippen molar-refractivity contribution in [2.75, 3.05) is 6.54 Å². The van der Waals surface area contributed by atoms with Crippen molar-refractivity contribution in [3.8, 4) is 0 Å². The molecule has 1 aliphatic carbocycles. The Hall–Kier alpha value is -1.32. The van der Waals surface area contributed by atoms with E-state index in [0.29, 0.717) is 12.5 Å². The summed E-state index contributed by atoms with van der Waals surface area (Å²) >= 11 is 0. The Morgan fingerprint density at radius 2 is 2.11 bits per heavy atom. The SMILES string of the molecule is C/C=C/CN1C(=O)C(CCC)NC(=O)C1(C)C1CC1. The first-order valence-electron chi connectivity index (χ1n) is 7.29. The van der Waals surface area contributed by atoms with Crippen molar-refractivity contribution in [1.29, 1.82) is 0 Å². The molecule has 1 aliphatic heterocycles. The van der Waals surface area contributed by atoms with Gasteiger partial charge in [0.1, 0.15) is 11.6 Å². The molecule has 2 aliphatic rings. The van der Waals surface area contributed by atoms with Crippen LogP contribution in [0, 0.1) is 5.92 Å². The molecule has 4 heteroatoms. The lowest BCUT2D eigenvalue weighted by molar-refractivity contribution is -0.157. The first-order chi connectivity index (χ1) is 9.05. The number of allylic oxidation sites excluding steroid dienone is 1. The van der Waals surface area contributed by atoms with Gasteiger partial charge in [-0.05, 0) is 39.0 Å². The summed E-state index contributed by atoms with van der Waals surface area (Å²) in [5.41, 5.74) is -0.652. The van der Waals surface area contributed by atoms with Crippen LogP contribution in [0.3, 0.4) is 0 Å². The van der Waals surface area contributed by atoms with Gasteiger partial charge in [0.2, 0.25) is 11.8 Å². The van der Waals surface area contributed by atoms with Crippen LogP contribution in [0.25, 0.3) is 0 Å². The van der Waals surface area contributed by atoms with E-state index >= 15 is 0 Å². The number of nitrogens with zero attached hydrogens (tertiary/aromatic N) is 1. The van der Waals surface area contributed by atoms with Crippen molar-refractivity contribution in [3.63, 3.8) is 0 Å². The number of piperazine rings is 1. The topological polar surface area (TPSA) is 49.4 Å². The zero-order chi connectivity index (χ0) is 14.0. The summed E-state index contributed by atoms with van der Waals surface area (Å²) < 4.78 is 0. The van der Waals surface area contributed by atoms with Gasteiger partial charge in [-0.15, -0.1) is 0 Å². The van der Waals surface area contributed by atoms with Crippen LogP contribution in [0.5, 0.6) is 0 Å². The lowest BCUT2D eigenvalue weighted by Crippen LogP contribution is -2.70. The Kier molecular flexibility index (Phi) is 3.97. The second-order valence-electron chi connectivity index (χ2n) is 5.75. The third kappa shape index (κ3) is 2.40. The molecule has 0 aromatic heterocycles. The highest BCUT2D eigenvalue weighted by Crippen LogP contribution is 2.44. The van der Waals surface area contributed by atoms with Gasteiger partial charge < -0.3 is 10.2 Å². The largest absolute Gasteiger partial charge is 0.342 e. The maximum Gasteiger partial charge on any atom is 0.246 e. The van der Waals surface area contributed by atoms with Crippen molar-refractivity contribution >= 4 is 11.8 Å². The third-order valence-electron chi connectivity index (χ3n) is 4.36. The zero-order valence-electron chi connectivity index (χ0n) is 12.1. The molecule has 1 N–H and O–H groups in total. The fourth-order valence-corrected chi connectivity index (χ4v) is 2.93. The molecule has 1 saturated heterocycles. The highest BCUT2D eigenvalue weighted by molar-refractivity contribution is 6.00. The molecule has 2 atom stereocenters. The standard InChI is InChI=1S/C15H24N2O2/c1-4-6-10-17-13(18)12(7-5-2)16-14(19)15(17,3)11-8-9-11/h4,6,11-12H,5,7-10H2,1-3H3,(H,16,19)/b6-4+. The Balaban J connectivity index is 2.27. The molecule has 0 aromatic carbocycles. The van der Waals surface area contributed by atoms with Gasteiger partial charge in [-0.2, -0.15) is 0 Å². The van der Waals surface area contributed by atoms with Crippen molar-refractivity contribution < 1.29 is 9.59 Å². The van der Waals surface area contributed by atoms with Gasteiger partial charge in [-0.3, -0.25) is 9.59 Å². The molecule has 0 radical (unpaired) electrons. The molecule has 4 nitrogen and oxygen atoms in total. The van der Waals surface area contributed by atoms with Crippen LogP contribution < -0.4 is 5.32 Å². The number of carbonyl (C=O) groups excluding carboxylic acids is 2. The monoisotopic (exact) mass is 264 g/mol. The third-order valence-corrected chi connectivity index (χ3v) is 4.36. The predicted octanol–water partition coefficient (Wildman–Crippen LogP) is 1.86. The van der Waals surface area contributed by atoms with Crippen LogP contribution in [0.2, 0.25) is 0 Å². The van der Waals surface area contributed by atoms with Crippen LogP contribution in [0.15, 0.2) is 12.2 Å². The lowest BCUT2D eigenvalue weighted by atomic mass is 9.87. The molecular formula is C15H24N2O2. The van der Waals surface area contributed by atoms with E-state index in [9.17, 15) is 9.59 Å². The number of nitrogens with one attached hydrogen (secondary N) is 1. The molecule has 0 aromatic rings. The lowest BCUT2D eigenvalue weighted by Gasteiger charge is -2.46. The van der Waals surface area contributed by atoms with Crippen molar-refractivity contribution in [3.05, 3.63) is 12.2 Å². The van der Waals surface area contributed by atoms with Gasteiger partial charge in [0.15, 0.2) is 0 Å². The average molecular weight is 264 g/mol. The summed E-state index contributed by atoms with van der Waals surface area (Å²) in [6, 6.07) is -0.338. The van der Waals surface area contributed by atoms with Crippen LogP contribution in [0.1, 0.15) is 46.5 Å². The van der Waals surface area contributed by atoms with Crippen LogP contribution in [0.4, 0.5) is 0 Å². The molecule has 0 spiro atoms. The maximum atomic E-state index is 12.6. The highest BCUT2D eigenvalue weighted by Gasteiger charge is 2.56. The van der Waals surface area contributed by atoms with Gasteiger partial charge >= 0.3 is 0 Å². The summed E-state index contributed by atoms with van der Waals surface area (Å²) in [5, 5.41) is 2.93. The van der Waals surface area contributed by atoms with E-state index in [4.69, 9.17) is 0 Å². The van der Waals surface area contributed by atoms with Crippen LogP contribution >= 0.6 is 0 Å². The minimum absolute atomic E-state index is 0.0255. The molecule has 1 heterocycles. The molecule has 19 heavy (non-hydrogen) atoms. The maximum absolute atomic E-state index is 12.6. The quantitative estimate of drug-likeness (QED) is 0.771. The summed E-state index contributed by atoms with van der Waals surface area (Å²) in [6.07, 6.45) is 7.60. The fraction of sp³-hybridized carbons (Fsp3) is 0.733. The van der Waals surface area contributed by atoms with E-state index in [2.05, 4.69) is 5.32 Å². The number of hydrogen-bond acceptors (Lipinski definition) is 2. The molecule has 2 rings (SSSR count). The minimum Gasteiger partial charge on any atom is -0.342 e. The first kappa shape index (κ1) is 14.1. The summed E-state index contributed by atoms with van der Waals surface area (Å²) in [6.45, 7) is 6.43. The number of hydrogen-bond donors (Lipinski definition) is 1. The van der Waals surface area contributed by atoms with E-state index < -0.39 is 5.54 Å². The number of carbonyl (C=O) groups is 2. The van der Waals surface area contributed by atoms with E-state index in [1.54, 1.807) is 4.90 Å². The summed E-state index contributed by atoms with van der Waals surface area (Å²) in [4.78, 5) is 26.9. The predicted molar refractivity (Wildman–Crippen MR) is 74.5 cm³/mol. The fourth-order valence-electron chi connectivity index (χ4n) is 2.93. The molecule has 0 bridgehead atoms. The van der Waals surface area contributed by atoms with Gasteiger partial charge in [0.05, 0.1) is 0 Å². The van der Waals surface area contributed by atoms with Crippen LogP contribution in [-0.4, -0.2) is 34.8 Å². The average Bonchev–Trinajstić information content (AvgIpc) is 3.20. The number of amides is 2. The number of rotatable bonds is 5. The Bertz CT molecular complexity index is 401. The van der Waals surface area contributed by atoms with Crippen molar-refractivity contribution in [2.24, 2.45) is 5.92 Å². The summed E-state index contributed by atoms with van der Waals surface area (Å²) in [7, 11) is 0. The van der Waals surface area contributed by atoms with Crippen LogP contribution in [-0.2, 0) is 9.59 Å². The van der Waals surface area contributed by atoms with Crippen molar-refractivity contribution in [2.45, 2.75) is 58.0 Å². The minimum atomic E-state index is -0.652. The Morgan fingerprint density at radius 3 is 2.63 bits per heavy atom. The Morgan fingerprint density at radius 1 is 1.42 bits per heavy atom. The molecule has 2 unspecified atom stereocenters. The van der Waals surface area contributed by atoms with Gasteiger partial charge in [-0.1, -0.05) is 25.5 Å². The van der Waals surface area contributed by atoms with E-state index in [-0.39, 0.29) is 17.9 Å². The second kappa shape index (κ2) is 5.35. The van der Waals surface area contributed by atoms with Crippen molar-refractivity contribution in [1.82, 2.24) is 10.2 Å². The molecule has 1 saturated carbocycles. The van der Waals surface area contributed by atoms with Gasteiger partial charge in [0.25, 0.3) is 0 Å². The molecular weight excluding hydrogens is 240 g/mol. The van der Waals surface area contributed by atoms with E-state index in [1.807, 2.05) is 32.9 Å². The van der Waals surface area contributed by atoms with E-state index in [0.717, 1.165) is 25.7 Å². The first-order valence-corrected chi connectivity index (χ1v) is 7.29. The summed E-state index contributed by atoms with van der Waals surface area (Å²) in [5.74, 6) is 0.427. The zero-order valence-corrected chi connectivity index (χ0v) is 12.1. The normalized spacial score (nSPS) is 31.9. The van der Waals surface area contributed by atoms with Gasteiger partial charge in [0, 0.05) is 6.54 Å². The second-order valence-corrected chi connectivity index (χ2v) is 5.75. The molecule has 106 valence electrons. The van der Waals surface area contributed by atoms with Gasteiger partial charge in [-0.25, -0.2) is 0 Å². The highest BCUT2D eigenvalue weighted by atomic mass is 16.2. The molecule has 2 amide bonds. The van der Waals surface area contributed by atoms with E-state index in [1.165, 1.54) is 0 Å². The smallest absolute Gasteiger partial charge is 0.246 e.